The Morgan fingerprint density at radius 3 is 2.11 bits per heavy atom. The maximum Gasteiger partial charge on any atom is 0.264 e. The Kier molecular flexibility index (Phi) is 11.6. The van der Waals surface area contributed by atoms with Crippen molar-refractivity contribution in [3.63, 3.8) is 0 Å². The highest BCUT2D eigenvalue weighted by atomic mass is 35.5. The molecule has 45 heavy (non-hydrogen) atoms. The van der Waals surface area contributed by atoms with Gasteiger partial charge in [-0.1, -0.05) is 84.7 Å². The highest BCUT2D eigenvalue weighted by molar-refractivity contribution is 7.92. The molecule has 0 radical (unpaired) electrons. The second-order valence-electron chi connectivity index (χ2n) is 10.6. The van der Waals surface area contributed by atoms with E-state index in [1.165, 1.54) is 35.2 Å². The standard InChI is InChI=1S/C34H34Cl2FN3O4S/c1-3-24(2)38-34(42)32(20-25-10-6-4-7-11-25)39(22-26-14-15-27(35)21-31(26)36)33(41)23-40(29-18-16-28(37)17-19-29)45(43,44)30-12-8-5-9-13-30/h4-19,21,24,32H,3,20,22-23H2,1-2H3,(H,38,42)/t24-,32+/m1/s1. The third kappa shape index (κ3) is 8.84. The van der Waals surface area contributed by atoms with E-state index in [-0.39, 0.29) is 34.6 Å². The van der Waals surface area contributed by atoms with Gasteiger partial charge in [-0.25, -0.2) is 12.8 Å². The van der Waals surface area contributed by atoms with E-state index in [2.05, 4.69) is 5.32 Å². The molecule has 4 aromatic carbocycles. The smallest absolute Gasteiger partial charge is 0.264 e. The number of halogens is 3. The molecule has 0 unspecified atom stereocenters. The summed E-state index contributed by atoms with van der Waals surface area (Å²) in [5, 5.41) is 3.66. The first-order valence-electron chi connectivity index (χ1n) is 14.4. The molecule has 0 bridgehead atoms. The average molecular weight is 671 g/mol. The zero-order valence-electron chi connectivity index (χ0n) is 24.9. The van der Waals surface area contributed by atoms with Crippen molar-refractivity contribution in [3.8, 4) is 0 Å². The predicted octanol–water partition coefficient (Wildman–Crippen LogP) is 6.88. The molecule has 2 atom stereocenters. The number of sulfonamides is 1. The van der Waals surface area contributed by atoms with Crippen LogP contribution in [0.25, 0.3) is 0 Å². The number of benzene rings is 4. The number of rotatable bonds is 13. The lowest BCUT2D eigenvalue weighted by Crippen LogP contribution is -2.54. The van der Waals surface area contributed by atoms with E-state index in [1.807, 2.05) is 44.2 Å². The number of hydrogen-bond acceptors (Lipinski definition) is 4. The van der Waals surface area contributed by atoms with E-state index in [9.17, 15) is 22.4 Å². The molecule has 2 amide bonds. The summed E-state index contributed by atoms with van der Waals surface area (Å²) in [6.45, 7) is 3.02. The van der Waals surface area contributed by atoms with Gasteiger partial charge in [0, 0.05) is 29.1 Å². The van der Waals surface area contributed by atoms with Crippen LogP contribution in [0.3, 0.4) is 0 Å². The van der Waals surface area contributed by atoms with E-state index >= 15 is 0 Å². The molecule has 0 saturated carbocycles. The minimum Gasteiger partial charge on any atom is -0.352 e. The van der Waals surface area contributed by atoms with Crippen molar-refractivity contribution in [2.24, 2.45) is 0 Å². The summed E-state index contributed by atoms with van der Waals surface area (Å²) in [5.41, 5.74) is 1.40. The Morgan fingerprint density at radius 1 is 0.889 bits per heavy atom. The summed E-state index contributed by atoms with van der Waals surface area (Å²) in [6.07, 6.45) is 0.816. The van der Waals surface area contributed by atoms with Gasteiger partial charge in [0.05, 0.1) is 10.6 Å². The van der Waals surface area contributed by atoms with Crippen LogP contribution in [0.15, 0.2) is 108 Å². The Hall–Kier alpha value is -3.92. The SMILES string of the molecule is CC[C@@H](C)NC(=O)[C@H](Cc1ccccc1)N(Cc1ccc(Cl)cc1Cl)C(=O)CN(c1ccc(F)cc1)S(=O)(=O)c1ccccc1. The second-order valence-corrected chi connectivity index (χ2v) is 13.3. The molecule has 0 aromatic heterocycles. The molecule has 0 spiro atoms. The Bertz CT molecular complexity index is 1710. The first kappa shape index (κ1) is 34.0. The molecule has 0 aliphatic heterocycles. The Balaban J connectivity index is 1.82. The Morgan fingerprint density at radius 2 is 1.51 bits per heavy atom. The molecule has 0 fully saturated rings. The quantitative estimate of drug-likeness (QED) is 0.168. The van der Waals surface area contributed by atoms with Crippen LogP contribution in [-0.2, 0) is 32.6 Å². The van der Waals surface area contributed by atoms with Crippen molar-refractivity contribution in [2.75, 3.05) is 10.8 Å². The van der Waals surface area contributed by atoms with Gasteiger partial charge in [0.25, 0.3) is 10.0 Å². The van der Waals surface area contributed by atoms with Gasteiger partial charge in [0.1, 0.15) is 18.4 Å². The maximum atomic E-state index is 14.4. The fraction of sp³-hybridized carbons (Fsp3) is 0.235. The van der Waals surface area contributed by atoms with Crippen LogP contribution < -0.4 is 9.62 Å². The molecule has 0 heterocycles. The normalized spacial score (nSPS) is 12.6. The van der Waals surface area contributed by atoms with Crippen molar-refractivity contribution in [3.05, 3.63) is 130 Å². The van der Waals surface area contributed by atoms with Gasteiger partial charge >= 0.3 is 0 Å². The van der Waals surface area contributed by atoms with Gasteiger partial charge in [-0.05, 0) is 73.0 Å². The van der Waals surface area contributed by atoms with Gasteiger partial charge in [0.2, 0.25) is 11.8 Å². The maximum absolute atomic E-state index is 14.4. The summed E-state index contributed by atoms with van der Waals surface area (Å²) < 4.78 is 42.7. The van der Waals surface area contributed by atoms with Gasteiger partial charge in [-0.15, -0.1) is 0 Å². The van der Waals surface area contributed by atoms with Crippen LogP contribution in [-0.4, -0.2) is 43.8 Å². The molecular formula is C34H34Cl2FN3O4S. The van der Waals surface area contributed by atoms with Gasteiger partial charge in [0.15, 0.2) is 0 Å². The summed E-state index contributed by atoms with van der Waals surface area (Å²) in [7, 11) is -4.29. The first-order valence-corrected chi connectivity index (χ1v) is 16.6. The van der Waals surface area contributed by atoms with E-state index in [0.29, 0.717) is 17.0 Å². The molecule has 4 aromatic rings. The van der Waals surface area contributed by atoms with Crippen LogP contribution in [0.2, 0.25) is 10.0 Å². The number of amides is 2. The summed E-state index contributed by atoms with van der Waals surface area (Å²) >= 11 is 12.7. The minimum absolute atomic E-state index is 0.0511. The molecule has 236 valence electrons. The fourth-order valence-corrected chi connectivity index (χ4v) is 6.59. The van der Waals surface area contributed by atoms with E-state index in [4.69, 9.17) is 23.2 Å². The largest absolute Gasteiger partial charge is 0.352 e. The number of nitrogens with one attached hydrogen (secondary N) is 1. The van der Waals surface area contributed by atoms with Crippen molar-refractivity contribution in [2.45, 2.75) is 50.2 Å². The Labute approximate surface area is 273 Å². The van der Waals surface area contributed by atoms with E-state index in [0.717, 1.165) is 22.0 Å². The number of hydrogen-bond donors (Lipinski definition) is 1. The zero-order valence-corrected chi connectivity index (χ0v) is 27.2. The zero-order chi connectivity index (χ0) is 32.6. The van der Waals surface area contributed by atoms with Crippen LogP contribution >= 0.6 is 23.2 Å². The number of nitrogens with zero attached hydrogens (tertiary/aromatic N) is 2. The molecule has 7 nitrogen and oxygen atoms in total. The van der Waals surface area contributed by atoms with E-state index < -0.39 is 40.2 Å². The number of carbonyl (C=O) groups excluding carboxylic acids is 2. The molecular weight excluding hydrogens is 636 g/mol. The average Bonchev–Trinajstić information content (AvgIpc) is 3.03. The molecule has 0 saturated heterocycles. The van der Waals surface area contributed by atoms with Crippen LogP contribution in [0.1, 0.15) is 31.4 Å². The van der Waals surface area contributed by atoms with Crippen molar-refractivity contribution in [1.29, 1.82) is 0 Å². The molecule has 0 aliphatic carbocycles. The van der Waals surface area contributed by atoms with Gasteiger partial charge < -0.3 is 10.2 Å². The lowest BCUT2D eigenvalue weighted by molar-refractivity contribution is -0.140. The van der Waals surface area contributed by atoms with Crippen molar-refractivity contribution >= 4 is 50.7 Å². The van der Waals surface area contributed by atoms with Crippen LogP contribution in [0.4, 0.5) is 10.1 Å². The number of anilines is 1. The monoisotopic (exact) mass is 669 g/mol. The third-order valence-corrected chi connectivity index (χ3v) is 9.73. The first-order chi connectivity index (χ1) is 21.5. The molecule has 11 heteroatoms. The summed E-state index contributed by atoms with van der Waals surface area (Å²) in [6, 6.07) is 25.3. The molecule has 1 N–H and O–H groups in total. The van der Waals surface area contributed by atoms with Crippen LogP contribution in [0.5, 0.6) is 0 Å². The number of carbonyl (C=O) groups is 2. The van der Waals surface area contributed by atoms with Gasteiger partial charge in [-0.3, -0.25) is 13.9 Å². The lowest BCUT2D eigenvalue weighted by atomic mass is 10.0. The highest BCUT2D eigenvalue weighted by Crippen LogP contribution is 2.27. The van der Waals surface area contributed by atoms with Crippen LogP contribution in [0, 0.1) is 5.82 Å². The highest BCUT2D eigenvalue weighted by Gasteiger charge is 2.35. The summed E-state index contributed by atoms with van der Waals surface area (Å²) in [4.78, 5) is 29.6. The van der Waals surface area contributed by atoms with Gasteiger partial charge in [-0.2, -0.15) is 0 Å². The summed E-state index contributed by atoms with van der Waals surface area (Å²) in [5.74, 6) is -1.62. The lowest BCUT2D eigenvalue weighted by Gasteiger charge is -2.34. The second kappa shape index (κ2) is 15.4. The minimum atomic E-state index is -4.29. The predicted molar refractivity (Wildman–Crippen MR) is 176 cm³/mol. The molecule has 4 rings (SSSR count). The molecule has 0 aliphatic rings. The topological polar surface area (TPSA) is 86.8 Å². The van der Waals surface area contributed by atoms with Crippen molar-refractivity contribution < 1.29 is 22.4 Å². The van der Waals surface area contributed by atoms with E-state index in [1.54, 1.807) is 30.3 Å². The van der Waals surface area contributed by atoms with Crippen molar-refractivity contribution in [1.82, 2.24) is 10.2 Å². The third-order valence-electron chi connectivity index (χ3n) is 7.35. The fourth-order valence-electron chi connectivity index (χ4n) is 4.68.